The number of ether oxygens (including phenoxy) is 1. The van der Waals surface area contributed by atoms with E-state index in [1.807, 2.05) is 42.5 Å². The van der Waals surface area contributed by atoms with Crippen LogP contribution in [0.25, 0.3) is 16.8 Å². The van der Waals surface area contributed by atoms with Gasteiger partial charge in [-0.1, -0.05) is 69.3 Å². The molecule has 0 amide bonds. The molecule has 3 nitrogen and oxygen atoms in total. The number of rotatable bonds is 2. The van der Waals surface area contributed by atoms with Gasteiger partial charge in [0.1, 0.15) is 0 Å². The van der Waals surface area contributed by atoms with Crippen LogP contribution < -0.4 is 0 Å². The van der Waals surface area contributed by atoms with Gasteiger partial charge < -0.3 is 4.74 Å². The summed E-state index contributed by atoms with van der Waals surface area (Å²) in [5.41, 5.74) is 3.35. The summed E-state index contributed by atoms with van der Waals surface area (Å²) < 4.78 is 5.39. The molecule has 3 aromatic carbocycles. The summed E-state index contributed by atoms with van der Waals surface area (Å²) in [6.45, 7) is 6.50. The van der Waals surface area contributed by atoms with Crippen LogP contribution in [0.15, 0.2) is 77.4 Å². The van der Waals surface area contributed by atoms with E-state index in [2.05, 4.69) is 50.0 Å². The maximum atomic E-state index is 12.2. The van der Waals surface area contributed by atoms with E-state index in [4.69, 9.17) is 4.74 Å². The lowest BCUT2D eigenvalue weighted by Gasteiger charge is -2.18. The largest absolute Gasteiger partial charge is 0.402 e. The van der Waals surface area contributed by atoms with Crippen molar-refractivity contribution in [2.24, 2.45) is 4.99 Å². The van der Waals surface area contributed by atoms with Gasteiger partial charge in [-0.2, -0.15) is 0 Å². The molecule has 0 fully saturated rings. The quantitative estimate of drug-likeness (QED) is 0.451. The van der Waals surface area contributed by atoms with Gasteiger partial charge in [0.2, 0.25) is 5.90 Å². The van der Waals surface area contributed by atoms with Gasteiger partial charge in [0, 0.05) is 5.56 Å². The number of aliphatic imine (C=N–C) groups is 1. The molecule has 0 unspecified atom stereocenters. The van der Waals surface area contributed by atoms with Gasteiger partial charge in [0.15, 0.2) is 5.70 Å². The monoisotopic (exact) mass is 355 g/mol. The number of esters is 1. The van der Waals surface area contributed by atoms with Crippen molar-refractivity contribution in [2.45, 2.75) is 26.2 Å². The van der Waals surface area contributed by atoms with E-state index in [0.717, 1.165) is 21.9 Å². The number of hydrogen-bond acceptors (Lipinski definition) is 3. The molecule has 0 saturated carbocycles. The fraction of sp³-hybridized carbons (Fsp3) is 0.167. The van der Waals surface area contributed by atoms with Crippen LogP contribution in [0.5, 0.6) is 0 Å². The molecule has 3 aromatic rings. The molecule has 0 spiro atoms. The van der Waals surface area contributed by atoms with E-state index in [9.17, 15) is 4.79 Å². The maximum Gasteiger partial charge on any atom is 0.363 e. The van der Waals surface area contributed by atoms with E-state index in [1.165, 1.54) is 5.56 Å². The van der Waals surface area contributed by atoms with Crippen molar-refractivity contribution in [3.8, 4) is 0 Å². The SMILES string of the molecule is CC(C)(C)c1ccc(C2=NC(=Cc3ccc4ccccc4c3)C(=O)O2)cc1. The molecule has 4 rings (SSSR count). The third-order valence-electron chi connectivity index (χ3n) is 4.70. The van der Waals surface area contributed by atoms with Crippen LogP contribution in [-0.2, 0) is 14.9 Å². The summed E-state index contributed by atoms with van der Waals surface area (Å²) in [6, 6.07) is 22.2. The molecule has 0 aliphatic carbocycles. The Morgan fingerprint density at radius 3 is 2.30 bits per heavy atom. The van der Waals surface area contributed by atoms with Crippen molar-refractivity contribution in [1.29, 1.82) is 0 Å². The van der Waals surface area contributed by atoms with Crippen molar-refractivity contribution >= 4 is 28.7 Å². The molecule has 0 atom stereocenters. The molecule has 0 bridgehead atoms. The molecular weight excluding hydrogens is 334 g/mol. The van der Waals surface area contributed by atoms with Crippen LogP contribution in [-0.4, -0.2) is 11.9 Å². The van der Waals surface area contributed by atoms with Crippen LogP contribution >= 0.6 is 0 Å². The minimum atomic E-state index is -0.418. The molecule has 3 heteroatoms. The van der Waals surface area contributed by atoms with Crippen molar-refractivity contribution in [2.75, 3.05) is 0 Å². The lowest BCUT2D eigenvalue weighted by molar-refractivity contribution is -0.129. The fourth-order valence-corrected chi connectivity index (χ4v) is 3.10. The highest BCUT2D eigenvalue weighted by atomic mass is 16.6. The Labute approximate surface area is 159 Å². The number of benzene rings is 3. The third kappa shape index (κ3) is 3.54. The normalized spacial score (nSPS) is 15.9. The second-order valence-electron chi connectivity index (χ2n) is 7.77. The first kappa shape index (κ1) is 17.2. The van der Waals surface area contributed by atoms with E-state index >= 15 is 0 Å². The molecule has 0 aromatic heterocycles. The van der Waals surface area contributed by atoms with Gasteiger partial charge in [-0.05, 0) is 51.6 Å². The number of nitrogens with zero attached hydrogens (tertiary/aromatic N) is 1. The predicted molar refractivity (Wildman–Crippen MR) is 110 cm³/mol. The van der Waals surface area contributed by atoms with E-state index in [0.29, 0.717) is 11.6 Å². The van der Waals surface area contributed by atoms with Gasteiger partial charge in [-0.25, -0.2) is 9.79 Å². The molecule has 1 heterocycles. The third-order valence-corrected chi connectivity index (χ3v) is 4.70. The second-order valence-corrected chi connectivity index (χ2v) is 7.77. The Morgan fingerprint density at radius 1 is 0.889 bits per heavy atom. The van der Waals surface area contributed by atoms with Gasteiger partial charge in [-0.15, -0.1) is 0 Å². The predicted octanol–water partition coefficient (Wildman–Crippen LogP) is 5.48. The van der Waals surface area contributed by atoms with Crippen LogP contribution in [0, 0.1) is 0 Å². The average molecular weight is 355 g/mol. The highest BCUT2D eigenvalue weighted by Crippen LogP contribution is 2.25. The van der Waals surface area contributed by atoms with Crippen LogP contribution in [0.2, 0.25) is 0 Å². The summed E-state index contributed by atoms with van der Waals surface area (Å²) in [7, 11) is 0. The summed E-state index contributed by atoms with van der Waals surface area (Å²) in [6.07, 6.45) is 1.77. The highest BCUT2D eigenvalue weighted by Gasteiger charge is 2.24. The lowest BCUT2D eigenvalue weighted by Crippen LogP contribution is -2.11. The topological polar surface area (TPSA) is 38.7 Å². The zero-order chi connectivity index (χ0) is 19.0. The summed E-state index contributed by atoms with van der Waals surface area (Å²) in [5.74, 6) is -0.0643. The summed E-state index contributed by atoms with van der Waals surface area (Å²) in [5, 5.41) is 2.29. The molecular formula is C24H21NO2. The smallest absolute Gasteiger partial charge is 0.363 e. The molecule has 0 N–H and O–H groups in total. The van der Waals surface area contributed by atoms with Crippen molar-refractivity contribution in [3.05, 3.63) is 89.1 Å². The Balaban J connectivity index is 1.64. The minimum absolute atomic E-state index is 0.0772. The Bertz CT molecular complexity index is 1080. The minimum Gasteiger partial charge on any atom is -0.402 e. The van der Waals surface area contributed by atoms with Crippen molar-refractivity contribution in [3.63, 3.8) is 0 Å². The number of fused-ring (bicyclic) bond motifs is 1. The number of carbonyl (C=O) groups excluding carboxylic acids is 1. The Morgan fingerprint density at radius 2 is 1.59 bits per heavy atom. The zero-order valence-corrected chi connectivity index (χ0v) is 15.7. The Kier molecular flexibility index (Phi) is 4.15. The first-order valence-corrected chi connectivity index (χ1v) is 9.02. The molecule has 1 aliphatic heterocycles. The van der Waals surface area contributed by atoms with Crippen molar-refractivity contribution in [1.82, 2.24) is 0 Å². The van der Waals surface area contributed by atoms with Crippen LogP contribution in [0.1, 0.15) is 37.5 Å². The second kappa shape index (κ2) is 6.51. The van der Waals surface area contributed by atoms with E-state index in [1.54, 1.807) is 6.08 Å². The van der Waals surface area contributed by atoms with Gasteiger partial charge >= 0.3 is 5.97 Å². The maximum absolute atomic E-state index is 12.2. The fourth-order valence-electron chi connectivity index (χ4n) is 3.10. The first-order valence-electron chi connectivity index (χ1n) is 9.02. The van der Waals surface area contributed by atoms with Gasteiger partial charge in [-0.3, -0.25) is 0 Å². The first-order chi connectivity index (χ1) is 12.9. The number of carbonyl (C=O) groups is 1. The molecule has 27 heavy (non-hydrogen) atoms. The molecule has 134 valence electrons. The standard InChI is InChI=1S/C24H21NO2/c1-24(2,3)20-12-10-18(11-13-20)22-25-21(23(26)27-22)15-16-8-9-17-6-4-5-7-19(17)14-16/h4-15H,1-3H3. The summed E-state index contributed by atoms with van der Waals surface area (Å²) in [4.78, 5) is 16.7. The van der Waals surface area contributed by atoms with Gasteiger partial charge in [0.05, 0.1) is 0 Å². The van der Waals surface area contributed by atoms with Crippen LogP contribution in [0.4, 0.5) is 0 Å². The molecule has 0 saturated heterocycles. The number of hydrogen-bond donors (Lipinski definition) is 0. The molecule has 0 radical (unpaired) electrons. The van der Waals surface area contributed by atoms with Gasteiger partial charge in [0.25, 0.3) is 0 Å². The van der Waals surface area contributed by atoms with Crippen LogP contribution in [0.3, 0.4) is 0 Å². The highest BCUT2D eigenvalue weighted by molar-refractivity contribution is 6.13. The zero-order valence-electron chi connectivity index (χ0n) is 15.7. The Hall–Kier alpha value is -3.20. The van der Waals surface area contributed by atoms with Crippen molar-refractivity contribution < 1.29 is 9.53 Å². The average Bonchev–Trinajstić information content (AvgIpc) is 3.01. The summed E-state index contributed by atoms with van der Waals surface area (Å²) >= 11 is 0. The van der Waals surface area contributed by atoms with E-state index < -0.39 is 5.97 Å². The molecule has 1 aliphatic rings. The lowest BCUT2D eigenvalue weighted by atomic mass is 9.87. The number of cyclic esters (lactones) is 1. The van der Waals surface area contributed by atoms with E-state index in [-0.39, 0.29) is 5.41 Å².